The fourth-order valence-corrected chi connectivity index (χ4v) is 2.00. The molecule has 1 saturated heterocycles. The summed E-state index contributed by atoms with van der Waals surface area (Å²) in [6.07, 6.45) is 1.05. The number of aryl methyl sites for hydroxylation is 1. The average Bonchev–Trinajstić information content (AvgIpc) is 2.50. The Labute approximate surface area is 91.6 Å². The van der Waals surface area contributed by atoms with Crippen LogP contribution in [0, 0.1) is 6.92 Å². The van der Waals surface area contributed by atoms with Crippen LogP contribution < -0.4 is 5.32 Å². The maximum atomic E-state index is 5.64. The Bertz CT molecular complexity index is 329. The summed E-state index contributed by atoms with van der Waals surface area (Å²) in [6.45, 7) is 7.06. The van der Waals surface area contributed by atoms with Gasteiger partial charge in [-0.2, -0.15) is 0 Å². The first kappa shape index (κ1) is 10.7. The van der Waals surface area contributed by atoms with E-state index in [9.17, 15) is 0 Å². The molecule has 1 aromatic rings. The molecule has 1 atom stereocenters. The summed E-state index contributed by atoms with van der Waals surface area (Å²) in [5.41, 5.74) is 2.53. The smallest absolute Gasteiger partial charge is 0.113 e. The normalized spacial score (nSPS) is 24.3. The van der Waals surface area contributed by atoms with E-state index in [0.717, 1.165) is 13.0 Å². The zero-order chi connectivity index (χ0) is 10.9. The molecule has 0 spiro atoms. The Morgan fingerprint density at radius 2 is 2.00 bits per heavy atom. The van der Waals surface area contributed by atoms with Gasteiger partial charge < -0.3 is 4.74 Å². The van der Waals surface area contributed by atoms with Gasteiger partial charge in [-0.15, -0.1) is 0 Å². The van der Waals surface area contributed by atoms with Gasteiger partial charge in [0.05, 0.1) is 6.61 Å². The molecule has 1 fully saturated rings. The summed E-state index contributed by atoms with van der Waals surface area (Å²) >= 11 is 0. The summed E-state index contributed by atoms with van der Waals surface area (Å²) in [7, 11) is 0. The second kappa shape index (κ2) is 3.95. The fraction of sp³-hybridized carbons (Fsp3) is 0.538. The van der Waals surface area contributed by atoms with E-state index in [4.69, 9.17) is 4.74 Å². The van der Waals surface area contributed by atoms with Crippen molar-refractivity contribution in [1.29, 1.82) is 0 Å². The van der Waals surface area contributed by atoms with Gasteiger partial charge in [-0.05, 0) is 32.8 Å². The Hall–Kier alpha value is -0.860. The minimum absolute atomic E-state index is 0.157. The summed E-state index contributed by atoms with van der Waals surface area (Å²) in [5, 5.41) is 3.47. The molecule has 1 unspecified atom stereocenters. The Morgan fingerprint density at radius 1 is 1.33 bits per heavy atom. The van der Waals surface area contributed by atoms with Crippen molar-refractivity contribution in [3.63, 3.8) is 0 Å². The number of ether oxygens (including phenoxy) is 1. The van der Waals surface area contributed by atoms with E-state index in [-0.39, 0.29) is 5.72 Å². The van der Waals surface area contributed by atoms with Crippen molar-refractivity contribution in [2.45, 2.75) is 39.0 Å². The molecule has 2 rings (SSSR count). The first-order valence-electron chi connectivity index (χ1n) is 5.52. The third-order valence-corrected chi connectivity index (χ3v) is 2.80. The SMILES string of the molecule is Cc1ccc(CC2COC(C)(C)N2)cc1. The van der Waals surface area contributed by atoms with Crippen molar-refractivity contribution >= 4 is 0 Å². The zero-order valence-corrected chi connectivity index (χ0v) is 9.71. The molecular weight excluding hydrogens is 186 g/mol. The highest BCUT2D eigenvalue weighted by Crippen LogP contribution is 2.17. The fourth-order valence-electron chi connectivity index (χ4n) is 2.00. The minimum atomic E-state index is -0.157. The first-order chi connectivity index (χ1) is 7.05. The largest absolute Gasteiger partial charge is 0.360 e. The number of benzene rings is 1. The minimum Gasteiger partial charge on any atom is -0.360 e. The van der Waals surface area contributed by atoms with Crippen molar-refractivity contribution in [2.75, 3.05) is 6.61 Å². The highest BCUT2D eigenvalue weighted by Gasteiger charge is 2.30. The number of hydrogen-bond donors (Lipinski definition) is 1. The van der Waals surface area contributed by atoms with Crippen molar-refractivity contribution in [3.8, 4) is 0 Å². The van der Waals surface area contributed by atoms with Gasteiger partial charge in [0.25, 0.3) is 0 Å². The van der Waals surface area contributed by atoms with Crippen molar-refractivity contribution in [1.82, 2.24) is 5.32 Å². The summed E-state index contributed by atoms with van der Waals surface area (Å²) in [5.74, 6) is 0. The van der Waals surface area contributed by atoms with Crippen LogP contribution in [-0.2, 0) is 11.2 Å². The third kappa shape index (κ3) is 2.80. The molecular formula is C13H19NO. The van der Waals surface area contributed by atoms with E-state index in [1.54, 1.807) is 0 Å². The standard InChI is InChI=1S/C13H19NO/c1-10-4-6-11(7-5-10)8-12-9-15-13(2,3)14-12/h4-7,12,14H,8-9H2,1-3H3. The zero-order valence-electron chi connectivity index (χ0n) is 9.71. The molecule has 2 nitrogen and oxygen atoms in total. The lowest BCUT2D eigenvalue weighted by Crippen LogP contribution is -2.39. The molecule has 0 saturated carbocycles. The number of hydrogen-bond acceptors (Lipinski definition) is 2. The highest BCUT2D eigenvalue weighted by molar-refractivity contribution is 5.22. The van der Waals surface area contributed by atoms with Crippen LogP contribution in [0.3, 0.4) is 0 Å². The van der Waals surface area contributed by atoms with Crippen LogP contribution in [-0.4, -0.2) is 18.4 Å². The van der Waals surface area contributed by atoms with Crippen molar-refractivity contribution in [3.05, 3.63) is 35.4 Å². The maximum Gasteiger partial charge on any atom is 0.113 e. The summed E-state index contributed by atoms with van der Waals surface area (Å²) in [4.78, 5) is 0. The second-order valence-corrected chi connectivity index (χ2v) is 4.85. The molecule has 1 N–H and O–H groups in total. The number of nitrogens with one attached hydrogen (secondary N) is 1. The third-order valence-electron chi connectivity index (χ3n) is 2.80. The molecule has 0 radical (unpaired) electrons. The van der Waals surface area contributed by atoms with Crippen LogP contribution in [0.25, 0.3) is 0 Å². The van der Waals surface area contributed by atoms with Crippen LogP contribution >= 0.6 is 0 Å². The average molecular weight is 205 g/mol. The van der Waals surface area contributed by atoms with E-state index >= 15 is 0 Å². The van der Waals surface area contributed by atoms with Crippen LogP contribution in [0.2, 0.25) is 0 Å². The van der Waals surface area contributed by atoms with Gasteiger partial charge in [0.2, 0.25) is 0 Å². The first-order valence-corrected chi connectivity index (χ1v) is 5.52. The number of rotatable bonds is 2. The van der Waals surface area contributed by atoms with E-state index in [2.05, 4.69) is 50.4 Å². The topological polar surface area (TPSA) is 21.3 Å². The van der Waals surface area contributed by atoms with Crippen LogP contribution in [0.4, 0.5) is 0 Å². The molecule has 82 valence electrons. The van der Waals surface area contributed by atoms with Gasteiger partial charge in [-0.25, -0.2) is 0 Å². The predicted octanol–water partition coefficient (Wildman–Crippen LogP) is 2.26. The Balaban J connectivity index is 1.96. The van der Waals surface area contributed by atoms with Gasteiger partial charge in [0.15, 0.2) is 0 Å². The van der Waals surface area contributed by atoms with Crippen molar-refractivity contribution < 1.29 is 4.74 Å². The van der Waals surface area contributed by atoms with E-state index in [1.807, 2.05) is 0 Å². The van der Waals surface area contributed by atoms with E-state index < -0.39 is 0 Å². The van der Waals surface area contributed by atoms with Crippen LogP contribution in [0.5, 0.6) is 0 Å². The van der Waals surface area contributed by atoms with Gasteiger partial charge in [0, 0.05) is 6.04 Å². The molecule has 0 aromatic heterocycles. The van der Waals surface area contributed by atoms with Gasteiger partial charge >= 0.3 is 0 Å². The monoisotopic (exact) mass is 205 g/mol. The molecule has 0 aliphatic carbocycles. The van der Waals surface area contributed by atoms with Crippen molar-refractivity contribution in [2.24, 2.45) is 0 Å². The molecule has 0 bridgehead atoms. The molecule has 1 aliphatic heterocycles. The van der Waals surface area contributed by atoms with Crippen LogP contribution in [0.1, 0.15) is 25.0 Å². The lowest BCUT2D eigenvalue weighted by Gasteiger charge is -2.18. The van der Waals surface area contributed by atoms with Gasteiger partial charge in [0.1, 0.15) is 5.72 Å². The molecule has 1 heterocycles. The van der Waals surface area contributed by atoms with Gasteiger partial charge in [-0.1, -0.05) is 29.8 Å². The van der Waals surface area contributed by atoms with Crippen LogP contribution in [0.15, 0.2) is 24.3 Å². The van der Waals surface area contributed by atoms with E-state index in [1.165, 1.54) is 11.1 Å². The van der Waals surface area contributed by atoms with E-state index in [0.29, 0.717) is 6.04 Å². The summed E-state index contributed by atoms with van der Waals surface area (Å²) in [6, 6.07) is 9.17. The predicted molar refractivity (Wildman–Crippen MR) is 61.8 cm³/mol. The molecule has 15 heavy (non-hydrogen) atoms. The maximum absolute atomic E-state index is 5.64. The molecule has 1 aromatic carbocycles. The Kier molecular flexibility index (Phi) is 2.81. The lowest BCUT2D eigenvalue weighted by atomic mass is 10.1. The second-order valence-electron chi connectivity index (χ2n) is 4.85. The summed E-state index contributed by atoms with van der Waals surface area (Å²) < 4.78 is 5.64. The lowest BCUT2D eigenvalue weighted by molar-refractivity contribution is 0.0231. The quantitative estimate of drug-likeness (QED) is 0.799. The van der Waals surface area contributed by atoms with Gasteiger partial charge in [-0.3, -0.25) is 5.32 Å². The molecule has 1 aliphatic rings. The highest BCUT2D eigenvalue weighted by atomic mass is 16.5. The molecule has 0 amide bonds. The molecule has 2 heteroatoms. The Morgan fingerprint density at radius 3 is 2.53 bits per heavy atom.